The van der Waals surface area contributed by atoms with Crippen molar-refractivity contribution in [3.05, 3.63) is 6.20 Å². The third kappa shape index (κ3) is 14.5. The molecule has 1 aliphatic carbocycles. The molecule has 2 rings (SSSR count). The molecule has 0 spiro atoms. The minimum Gasteiger partial charge on any atom is -0.462 e. The first-order valence-corrected chi connectivity index (χ1v) is 18.4. The van der Waals surface area contributed by atoms with Crippen LogP contribution in [0.3, 0.4) is 0 Å². The molecule has 1 aromatic heterocycles. The van der Waals surface area contributed by atoms with E-state index in [1.807, 2.05) is 20.8 Å². The SMILES string of the molecule is CCCCCC(=O)N[C@H](CSC[C@@H](COC(=O)CCCCC)OC(=O)CCCCC)C(=O)Nc1cn([C@@H]2[C@H](O)[C@H](O)[C@@H](O)[C@H](O)[C@H]2O)nn1. The topological polar surface area (TPSA) is 243 Å². The average molecular weight is 718 g/mol. The summed E-state index contributed by atoms with van der Waals surface area (Å²) < 4.78 is 12.0. The van der Waals surface area contributed by atoms with Crippen LogP contribution < -0.4 is 10.6 Å². The number of nitrogens with zero attached hydrogens (tertiary/aromatic N) is 3. The molecule has 1 saturated carbocycles. The normalized spacial score (nSPS) is 23.3. The van der Waals surface area contributed by atoms with Crippen molar-refractivity contribution in [2.45, 2.75) is 147 Å². The summed E-state index contributed by atoms with van der Waals surface area (Å²) in [6.45, 7) is 5.91. The fourth-order valence-corrected chi connectivity index (χ4v) is 6.21. The van der Waals surface area contributed by atoms with E-state index in [1.54, 1.807) is 0 Å². The van der Waals surface area contributed by atoms with Gasteiger partial charge in [-0.05, 0) is 19.3 Å². The highest BCUT2D eigenvalue weighted by atomic mass is 32.2. The van der Waals surface area contributed by atoms with E-state index >= 15 is 0 Å². The zero-order valence-corrected chi connectivity index (χ0v) is 29.6. The van der Waals surface area contributed by atoms with Crippen LogP contribution in [-0.2, 0) is 28.7 Å². The molecule has 1 aromatic rings. The maximum absolute atomic E-state index is 13.4. The molecular weight excluding hydrogens is 662 g/mol. The molecule has 1 fully saturated rings. The summed E-state index contributed by atoms with van der Waals surface area (Å²) in [5.74, 6) is -1.66. The number of carbonyl (C=O) groups is 4. The summed E-state index contributed by atoms with van der Waals surface area (Å²) in [6.07, 6.45) is -0.269. The van der Waals surface area contributed by atoms with Crippen molar-refractivity contribution in [2.24, 2.45) is 0 Å². The fourth-order valence-electron chi connectivity index (χ4n) is 5.18. The van der Waals surface area contributed by atoms with Gasteiger partial charge in [0.1, 0.15) is 55.3 Å². The zero-order chi connectivity index (χ0) is 36.3. The van der Waals surface area contributed by atoms with Crippen LogP contribution in [0.5, 0.6) is 0 Å². The molecule has 16 nitrogen and oxygen atoms in total. The molecule has 7 N–H and O–H groups in total. The quantitative estimate of drug-likeness (QED) is 0.0617. The molecule has 8 atom stereocenters. The van der Waals surface area contributed by atoms with Crippen LogP contribution >= 0.6 is 11.8 Å². The Morgan fingerprint density at radius 1 is 0.796 bits per heavy atom. The van der Waals surface area contributed by atoms with Crippen LogP contribution in [0.2, 0.25) is 0 Å². The van der Waals surface area contributed by atoms with E-state index in [-0.39, 0.29) is 55.1 Å². The Hall–Kier alpha value is -2.83. The van der Waals surface area contributed by atoms with Crippen molar-refractivity contribution >= 4 is 41.3 Å². The lowest BCUT2D eigenvalue weighted by Gasteiger charge is -2.41. The summed E-state index contributed by atoms with van der Waals surface area (Å²) >= 11 is 1.22. The second kappa shape index (κ2) is 22.8. The highest BCUT2D eigenvalue weighted by Crippen LogP contribution is 2.30. The largest absolute Gasteiger partial charge is 0.462 e. The fraction of sp³-hybridized carbons (Fsp3) is 0.812. The van der Waals surface area contributed by atoms with E-state index in [4.69, 9.17) is 9.47 Å². The van der Waals surface area contributed by atoms with Gasteiger partial charge in [0, 0.05) is 30.8 Å². The minimum absolute atomic E-state index is 0.0597. The second-order valence-electron chi connectivity index (χ2n) is 12.3. The third-order valence-electron chi connectivity index (χ3n) is 8.11. The number of aliphatic hydroxyl groups excluding tert-OH is 5. The standard InChI is InChI=1S/C32H55N5O11S/c1-4-7-10-13-23(38)33-21(19-49-18-20(48-25(40)15-12-9-6-3)17-47-24(39)14-11-8-5-2)32(46)34-22-16-37(36-35-22)26-27(41)29(43)31(45)30(44)28(26)42/h16,20-21,26-31,41-45H,4-15,17-19H2,1-3H3,(H,33,38)(H,34,46)/t20-,21-,26-,27+,28+,29+,30-,31-/m1/s1. The molecule has 0 aromatic carbocycles. The van der Waals surface area contributed by atoms with Gasteiger partial charge in [-0.2, -0.15) is 11.8 Å². The molecule has 2 amide bonds. The second-order valence-corrected chi connectivity index (χ2v) is 13.4. The number of rotatable bonds is 23. The van der Waals surface area contributed by atoms with Crippen LogP contribution in [-0.4, -0.2) is 125 Å². The van der Waals surface area contributed by atoms with Gasteiger partial charge in [-0.25, -0.2) is 4.68 Å². The first-order chi connectivity index (χ1) is 23.4. The number of nitrogens with one attached hydrogen (secondary N) is 2. The van der Waals surface area contributed by atoms with E-state index in [9.17, 15) is 44.7 Å². The average Bonchev–Trinajstić information content (AvgIpc) is 3.52. The monoisotopic (exact) mass is 717 g/mol. The lowest BCUT2D eigenvalue weighted by atomic mass is 9.83. The summed E-state index contributed by atoms with van der Waals surface area (Å²) in [5.41, 5.74) is 0. The Morgan fingerprint density at radius 3 is 1.94 bits per heavy atom. The van der Waals surface area contributed by atoms with Crippen molar-refractivity contribution in [3.8, 4) is 0 Å². The number of thioether (sulfide) groups is 1. The Labute approximate surface area is 291 Å². The van der Waals surface area contributed by atoms with Gasteiger partial charge in [-0.3, -0.25) is 19.2 Å². The molecule has 280 valence electrons. The molecule has 1 heterocycles. The highest BCUT2D eigenvalue weighted by Gasteiger charge is 2.49. The van der Waals surface area contributed by atoms with Crippen molar-refractivity contribution in [1.29, 1.82) is 0 Å². The molecule has 0 saturated heterocycles. The smallest absolute Gasteiger partial charge is 0.306 e. The van der Waals surface area contributed by atoms with Gasteiger partial charge in [-0.15, -0.1) is 5.10 Å². The number of aromatic nitrogens is 3. The van der Waals surface area contributed by atoms with Crippen LogP contribution in [0.25, 0.3) is 0 Å². The summed E-state index contributed by atoms with van der Waals surface area (Å²) in [6, 6.07) is -2.45. The van der Waals surface area contributed by atoms with Crippen molar-refractivity contribution in [3.63, 3.8) is 0 Å². The number of ether oxygens (including phenoxy) is 2. The number of esters is 2. The first kappa shape index (κ1) is 42.3. The van der Waals surface area contributed by atoms with Gasteiger partial charge in [0.25, 0.3) is 0 Å². The predicted octanol–water partition coefficient (Wildman–Crippen LogP) is 0.990. The number of anilines is 1. The predicted molar refractivity (Wildman–Crippen MR) is 180 cm³/mol. The molecule has 0 aliphatic heterocycles. The number of amides is 2. The Morgan fingerprint density at radius 2 is 1.35 bits per heavy atom. The molecule has 0 radical (unpaired) electrons. The Bertz CT molecular complexity index is 1140. The molecule has 1 aliphatic rings. The van der Waals surface area contributed by atoms with Gasteiger partial charge in [0.2, 0.25) is 11.8 Å². The van der Waals surface area contributed by atoms with Crippen LogP contribution in [0, 0.1) is 0 Å². The van der Waals surface area contributed by atoms with Crippen molar-refractivity contribution in [2.75, 3.05) is 23.4 Å². The third-order valence-corrected chi connectivity index (χ3v) is 9.29. The summed E-state index contributed by atoms with van der Waals surface area (Å²) in [7, 11) is 0. The molecular formula is C32H55N5O11S. The van der Waals surface area contributed by atoms with E-state index in [0.717, 1.165) is 43.2 Å². The number of hydrogen-bond donors (Lipinski definition) is 7. The summed E-state index contributed by atoms with van der Waals surface area (Å²) in [4.78, 5) is 50.8. The number of carbonyl (C=O) groups excluding carboxylic acids is 4. The Balaban J connectivity index is 2.11. The number of unbranched alkanes of at least 4 members (excludes halogenated alkanes) is 6. The van der Waals surface area contributed by atoms with Crippen molar-refractivity contribution < 1.29 is 54.2 Å². The maximum atomic E-state index is 13.4. The number of hydrogen-bond acceptors (Lipinski definition) is 14. The molecule has 0 bridgehead atoms. The lowest BCUT2D eigenvalue weighted by Crippen LogP contribution is -2.61. The van der Waals surface area contributed by atoms with Gasteiger partial charge >= 0.3 is 11.9 Å². The van der Waals surface area contributed by atoms with Crippen LogP contribution in [0.1, 0.15) is 104 Å². The minimum atomic E-state index is -1.79. The number of aliphatic hydroxyl groups is 5. The van der Waals surface area contributed by atoms with E-state index < -0.39 is 60.6 Å². The zero-order valence-electron chi connectivity index (χ0n) is 28.7. The van der Waals surface area contributed by atoms with E-state index in [1.165, 1.54) is 18.0 Å². The van der Waals surface area contributed by atoms with Crippen LogP contribution in [0.15, 0.2) is 6.20 Å². The maximum Gasteiger partial charge on any atom is 0.306 e. The lowest BCUT2D eigenvalue weighted by molar-refractivity contribution is -0.200. The summed E-state index contributed by atoms with van der Waals surface area (Å²) in [5, 5.41) is 63.8. The molecule has 17 heteroatoms. The van der Waals surface area contributed by atoms with Crippen molar-refractivity contribution in [1.82, 2.24) is 20.3 Å². The van der Waals surface area contributed by atoms with Crippen LogP contribution in [0.4, 0.5) is 5.82 Å². The van der Waals surface area contributed by atoms with Gasteiger partial charge < -0.3 is 45.6 Å². The molecule has 0 unspecified atom stereocenters. The van der Waals surface area contributed by atoms with Gasteiger partial charge in [-0.1, -0.05) is 64.5 Å². The Kier molecular flexibility index (Phi) is 19.7. The molecule has 49 heavy (non-hydrogen) atoms. The van der Waals surface area contributed by atoms with E-state index in [0.29, 0.717) is 19.3 Å². The van der Waals surface area contributed by atoms with Gasteiger partial charge in [0.05, 0.1) is 6.20 Å². The first-order valence-electron chi connectivity index (χ1n) is 17.3. The highest BCUT2D eigenvalue weighted by molar-refractivity contribution is 7.99. The van der Waals surface area contributed by atoms with E-state index in [2.05, 4.69) is 20.9 Å². The van der Waals surface area contributed by atoms with Gasteiger partial charge in [0.15, 0.2) is 5.82 Å².